The molecule has 1 fully saturated rings. The molecule has 1 saturated heterocycles. The number of hydrogen-bond acceptors (Lipinski definition) is 3. The van der Waals surface area contributed by atoms with Crippen molar-refractivity contribution >= 4 is 23.8 Å². The minimum absolute atomic E-state index is 0.00627. The summed E-state index contributed by atoms with van der Waals surface area (Å²) in [7, 11) is 0. The van der Waals surface area contributed by atoms with E-state index in [1.54, 1.807) is 0 Å². The number of rotatable bonds is 5. The SMILES string of the molecule is CS[PH]1(CC(=O)OCc2ccccc2)CCCCC1. The second kappa shape index (κ2) is 7.31. The fourth-order valence-electron chi connectivity index (χ4n) is 2.70. The van der Waals surface area contributed by atoms with Gasteiger partial charge < -0.3 is 0 Å². The Hall–Kier alpha value is -0.530. The summed E-state index contributed by atoms with van der Waals surface area (Å²) in [5.41, 5.74) is 1.07. The van der Waals surface area contributed by atoms with Gasteiger partial charge in [0.25, 0.3) is 0 Å². The van der Waals surface area contributed by atoms with Crippen molar-refractivity contribution in [2.24, 2.45) is 0 Å². The van der Waals surface area contributed by atoms with Crippen LogP contribution in [0.1, 0.15) is 24.8 Å². The van der Waals surface area contributed by atoms with Gasteiger partial charge >= 0.3 is 120 Å². The van der Waals surface area contributed by atoms with Crippen LogP contribution in [0.5, 0.6) is 0 Å². The van der Waals surface area contributed by atoms with Gasteiger partial charge in [-0.05, 0) is 0 Å². The van der Waals surface area contributed by atoms with E-state index >= 15 is 0 Å². The van der Waals surface area contributed by atoms with Crippen molar-refractivity contribution in [1.82, 2.24) is 0 Å². The molecule has 0 spiro atoms. The van der Waals surface area contributed by atoms with Gasteiger partial charge in [-0.2, -0.15) is 0 Å². The van der Waals surface area contributed by atoms with Crippen LogP contribution < -0.4 is 0 Å². The van der Waals surface area contributed by atoms with E-state index in [9.17, 15) is 4.79 Å². The van der Waals surface area contributed by atoms with Gasteiger partial charge in [-0.15, -0.1) is 0 Å². The Morgan fingerprint density at radius 3 is 2.53 bits per heavy atom. The van der Waals surface area contributed by atoms with E-state index in [1.807, 2.05) is 41.7 Å². The van der Waals surface area contributed by atoms with Crippen LogP contribution in [0.2, 0.25) is 0 Å². The van der Waals surface area contributed by atoms with Gasteiger partial charge in [0.1, 0.15) is 0 Å². The summed E-state index contributed by atoms with van der Waals surface area (Å²) in [4.78, 5) is 12.0. The van der Waals surface area contributed by atoms with Crippen molar-refractivity contribution in [3.63, 3.8) is 0 Å². The maximum atomic E-state index is 12.0. The summed E-state index contributed by atoms with van der Waals surface area (Å²) in [6.45, 7) is -1.00. The molecule has 1 aromatic rings. The van der Waals surface area contributed by atoms with Gasteiger partial charge in [0.05, 0.1) is 0 Å². The molecule has 0 N–H and O–H groups in total. The summed E-state index contributed by atoms with van der Waals surface area (Å²) >= 11 is 1.98. The van der Waals surface area contributed by atoms with E-state index in [0.29, 0.717) is 12.8 Å². The normalized spacial score (nSPS) is 19.6. The standard InChI is InChI=1S/C15H23O2PS/c1-19-18(10-6-3-7-11-18)13-15(16)17-12-14-8-4-2-5-9-14/h2,4-5,8-9,18H,3,6-7,10-13H2,1H3. The Labute approximate surface area is 120 Å². The summed E-state index contributed by atoms with van der Waals surface area (Å²) in [6.07, 6.45) is 9.40. The first-order valence-corrected chi connectivity index (χ1v) is 11.6. The first kappa shape index (κ1) is 14.9. The van der Waals surface area contributed by atoms with Crippen molar-refractivity contribution in [2.45, 2.75) is 25.9 Å². The predicted octanol–water partition coefficient (Wildman–Crippen LogP) is 3.94. The summed E-state index contributed by atoms with van der Waals surface area (Å²) in [5, 5.41) is 0. The van der Waals surface area contributed by atoms with Gasteiger partial charge in [0.2, 0.25) is 0 Å². The molecule has 0 radical (unpaired) electrons. The number of carbonyl (C=O) groups excluding carboxylic acids is 1. The van der Waals surface area contributed by atoms with Crippen molar-refractivity contribution < 1.29 is 9.53 Å². The van der Waals surface area contributed by atoms with Crippen LogP contribution in [-0.2, 0) is 16.1 Å². The molecule has 19 heavy (non-hydrogen) atoms. The van der Waals surface area contributed by atoms with Crippen LogP contribution in [0.3, 0.4) is 0 Å². The third-order valence-electron chi connectivity index (χ3n) is 3.91. The van der Waals surface area contributed by atoms with Crippen LogP contribution in [0.15, 0.2) is 30.3 Å². The Balaban J connectivity index is 1.83. The van der Waals surface area contributed by atoms with Crippen LogP contribution in [-0.4, -0.2) is 30.7 Å². The maximum absolute atomic E-state index is 12.0. The van der Waals surface area contributed by atoms with Crippen LogP contribution in [0, 0.1) is 0 Å². The zero-order chi connectivity index (χ0) is 13.6. The molecule has 0 unspecified atom stereocenters. The average Bonchev–Trinajstić information content (AvgIpc) is 2.47. The van der Waals surface area contributed by atoms with Crippen molar-refractivity contribution in [2.75, 3.05) is 24.7 Å². The Morgan fingerprint density at radius 2 is 1.89 bits per heavy atom. The molecule has 0 atom stereocenters. The zero-order valence-corrected chi connectivity index (χ0v) is 13.4. The van der Waals surface area contributed by atoms with E-state index in [-0.39, 0.29) is 5.97 Å². The molecule has 0 aliphatic carbocycles. The fraction of sp³-hybridized carbons (Fsp3) is 0.533. The van der Waals surface area contributed by atoms with E-state index in [2.05, 4.69) is 6.26 Å². The number of ether oxygens (including phenoxy) is 1. The Morgan fingerprint density at radius 1 is 1.21 bits per heavy atom. The molecule has 0 saturated carbocycles. The van der Waals surface area contributed by atoms with E-state index in [0.717, 1.165) is 5.56 Å². The first-order valence-electron chi connectivity index (χ1n) is 6.99. The van der Waals surface area contributed by atoms with E-state index in [4.69, 9.17) is 4.74 Å². The zero-order valence-electron chi connectivity index (χ0n) is 11.6. The van der Waals surface area contributed by atoms with Crippen LogP contribution in [0.4, 0.5) is 0 Å². The third-order valence-corrected chi connectivity index (χ3v) is 12.5. The molecule has 1 aromatic carbocycles. The van der Waals surface area contributed by atoms with Gasteiger partial charge in [-0.1, -0.05) is 0 Å². The molecular weight excluding hydrogens is 275 g/mol. The molecule has 1 aliphatic rings. The monoisotopic (exact) mass is 298 g/mol. The molecular formula is C15H23O2PS. The van der Waals surface area contributed by atoms with Gasteiger partial charge in [0.15, 0.2) is 0 Å². The number of carbonyl (C=O) groups is 1. The summed E-state index contributed by atoms with van der Waals surface area (Å²) in [6, 6.07) is 9.92. The van der Waals surface area contributed by atoms with E-state index < -0.39 is 6.46 Å². The van der Waals surface area contributed by atoms with Crippen molar-refractivity contribution in [3.05, 3.63) is 35.9 Å². The molecule has 4 heteroatoms. The van der Waals surface area contributed by atoms with Gasteiger partial charge in [-0.25, -0.2) is 0 Å². The van der Waals surface area contributed by atoms with E-state index in [1.165, 1.54) is 31.6 Å². The Bertz CT molecular complexity index is 402. The fourth-order valence-corrected chi connectivity index (χ4v) is 9.15. The third kappa shape index (κ3) is 4.50. The summed E-state index contributed by atoms with van der Waals surface area (Å²) in [5.74, 6) is 0.00627. The number of hydrogen-bond donors (Lipinski definition) is 0. The van der Waals surface area contributed by atoms with Crippen LogP contribution in [0.25, 0.3) is 0 Å². The second-order valence-corrected chi connectivity index (χ2v) is 13.2. The molecule has 0 aromatic heterocycles. The molecule has 1 aliphatic heterocycles. The second-order valence-electron chi connectivity index (χ2n) is 5.27. The quantitative estimate of drug-likeness (QED) is 0.608. The average molecular weight is 298 g/mol. The summed E-state index contributed by atoms with van der Waals surface area (Å²) < 4.78 is 5.44. The van der Waals surface area contributed by atoms with Crippen molar-refractivity contribution in [3.8, 4) is 0 Å². The predicted molar refractivity (Wildman–Crippen MR) is 86.5 cm³/mol. The topological polar surface area (TPSA) is 26.3 Å². The Kier molecular flexibility index (Phi) is 5.72. The molecule has 0 amide bonds. The molecule has 1 heterocycles. The molecule has 2 rings (SSSR count). The molecule has 0 bridgehead atoms. The van der Waals surface area contributed by atoms with Gasteiger partial charge in [0, 0.05) is 0 Å². The van der Waals surface area contributed by atoms with Crippen LogP contribution >= 0.6 is 17.8 Å². The minimum atomic E-state index is -1.42. The number of benzene rings is 1. The first-order chi connectivity index (χ1) is 9.24. The number of esters is 1. The molecule has 2 nitrogen and oxygen atoms in total. The molecule has 106 valence electrons. The van der Waals surface area contributed by atoms with Crippen molar-refractivity contribution in [1.29, 1.82) is 0 Å². The van der Waals surface area contributed by atoms with Gasteiger partial charge in [-0.3, -0.25) is 0 Å².